The first-order chi connectivity index (χ1) is 14.6. The number of hydrogen-bond donors (Lipinski definition) is 4. The minimum absolute atomic E-state index is 0.152. The molecule has 0 saturated heterocycles. The van der Waals surface area contributed by atoms with E-state index in [0.29, 0.717) is 18.3 Å². The van der Waals surface area contributed by atoms with Crippen molar-refractivity contribution in [2.45, 2.75) is 29.9 Å². The number of benzene rings is 1. The lowest BCUT2D eigenvalue weighted by molar-refractivity contribution is -0.129. The van der Waals surface area contributed by atoms with E-state index in [-0.39, 0.29) is 17.6 Å². The number of anilines is 1. The molecular weight excluding hydrogens is 406 g/mol. The van der Waals surface area contributed by atoms with Crippen molar-refractivity contribution in [2.75, 3.05) is 25.6 Å². The highest BCUT2D eigenvalue weighted by molar-refractivity contribution is 8.15. The number of aliphatic hydroxyl groups is 2. The van der Waals surface area contributed by atoms with Crippen LogP contribution in [0.1, 0.15) is 6.42 Å². The zero-order chi connectivity index (χ0) is 21.1. The van der Waals surface area contributed by atoms with Gasteiger partial charge in [0.25, 0.3) is 0 Å². The molecule has 0 radical (unpaired) electrons. The monoisotopic (exact) mass is 431 g/mol. The molecule has 160 valence electrons. The Morgan fingerprint density at radius 2 is 2.13 bits per heavy atom. The van der Waals surface area contributed by atoms with Crippen LogP contribution in [0.2, 0.25) is 0 Å². The molecule has 9 nitrogen and oxygen atoms in total. The maximum Gasteiger partial charge on any atom is 0.224 e. The number of amides is 1. The van der Waals surface area contributed by atoms with Crippen molar-refractivity contribution in [2.24, 2.45) is 10.9 Å². The van der Waals surface area contributed by atoms with Crippen LogP contribution in [0.5, 0.6) is 0 Å². The molecule has 1 aromatic heterocycles. The molecular formula is C20H25N5O4S. The number of carbonyl (C=O) groups is 1. The number of nitrogens with zero attached hydrogens (tertiary/aromatic N) is 3. The first-order valence-corrected chi connectivity index (χ1v) is 10.7. The fourth-order valence-electron chi connectivity index (χ4n) is 3.76. The van der Waals surface area contributed by atoms with E-state index in [4.69, 9.17) is 4.74 Å². The fourth-order valence-corrected chi connectivity index (χ4v) is 5.14. The van der Waals surface area contributed by atoms with Crippen molar-refractivity contribution >= 4 is 28.5 Å². The van der Waals surface area contributed by atoms with Crippen LogP contribution in [-0.2, 0) is 9.53 Å². The summed E-state index contributed by atoms with van der Waals surface area (Å²) in [4.78, 5) is 17.2. The first kappa shape index (κ1) is 20.9. The Kier molecular flexibility index (Phi) is 6.38. The van der Waals surface area contributed by atoms with Crippen molar-refractivity contribution < 1.29 is 19.7 Å². The number of ether oxygens (including phenoxy) is 1. The molecule has 5 unspecified atom stereocenters. The Balaban J connectivity index is 1.44. The highest BCUT2D eigenvalue weighted by Crippen LogP contribution is 2.41. The molecule has 1 aromatic carbocycles. The van der Waals surface area contributed by atoms with Gasteiger partial charge in [0.1, 0.15) is 6.10 Å². The van der Waals surface area contributed by atoms with Crippen LogP contribution in [0.4, 0.5) is 5.69 Å². The van der Waals surface area contributed by atoms with Crippen LogP contribution in [0, 0.1) is 5.92 Å². The average molecular weight is 432 g/mol. The predicted molar refractivity (Wildman–Crippen MR) is 115 cm³/mol. The number of fused-ring (bicyclic) bond motifs is 1. The summed E-state index contributed by atoms with van der Waals surface area (Å²) in [6, 6.07) is 9.03. The fraction of sp³-hybridized carbons (Fsp3) is 0.450. The zero-order valence-corrected chi connectivity index (χ0v) is 17.3. The molecule has 30 heavy (non-hydrogen) atoms. The highest BCUT2D eigenvalue weighted by Gasteiger charge is 2.50. The van der Waals surface area contributed by atoms with Crippen molar-refractivity contribution in [1.29, 1.82) is 0 Å². The van der Waals surface area contributed by atoms with Gasteiger partial charge < -0.3 is 25.6 Å². The standard InChI is InChI=1S/C20H25N5O4S/c1-29-10-8-21-19(28)14-11-15(26)17(27)16-18(14)30-20(24-16)23-12-3-5-13(6-4-12)25-9-2-7-22-25/h2-7,9,14-18,26-27H,8,10-11H2,1H3,(H,21,28)(H,23,24). The lowest BCUT2D eigenvalue weighted by atomic mass is 9.81. The van der Waals surface area contributed by atoms with Gasteiger partial charge in [-0.3, -0.25) is 9.79 Å². The van der Waals surface area contributed by atoms with Gasteiger partial charge in [-0.2, -0.15) is 5.10 Å². The molecule has 4 N–H and O–H groups in total. The maximum absolute atomic E-state index is 12.6. The second kappa shape index (κ2) is 9.17. The third-order valence-electron chi connectivity index (χ3n) is 5.32. The summed E-state index contributed by atoms with van der Waals surface area (Å²) in [7, 11) is 1.57. The number of hydrogen-bond acceptors (Lipinski definition) is 8. The predicted octanol–water partition coefficient (Wildman–Crippen LogP) is 0.629. The van der Waals surface area contributed by atoms with Crippen LogP contribution in [0.25, 0.3) is 5.69 Å². The van der Waals surface area contributed by atoms with E-state index in [1.165, 1.54) is 11.8 Å². The van der Waals surface area contributed by atoms with Crippen LogP contribution in [-0.4, -0.2) is 74.8 Å². The summed E-state index contributed by atoms with van der Waals surface area (Å²) in [6.45, 7) is 0.823. The number of aromatic nitrogens is 2. The van der Waals surface area contributed by atoms with E-state index in [9.17, 15) is 15.0 Å². The Bertz CT molecular complexity index is 889. The molecule has 1 saturated carbocycles. The molecule has 1 fully saturated rings. The second-order valence-corrected chi connectivity index (χ2v) is 8.48. The first-order valence-electron chi connectivity index (χ1n) is 9.81. The van der Waals surface area contributed by atoms with E-state index in [1.807, 2.05) is 36.5 Å². The number of thioether (sulfide) groups is 1. The summed E-state index contributed by atoms with van der Waals surface area (Å²) in [5.74, 6) is -0.596. The van der Waals surface area contributed by atoms with Crippen LogP contribution < -0.4 is 10.6 Å². The quantitative estimate of drug-likeness (QED) is 0.495. The van der Waals surface area contributed by atoms with E-state index >= 15 is 0 Å². The number of methoxy groups -OCH3 is 1. The summed E-state index contributed by atoms with van der Waals surface area (Å²) >= 11 is 1.43. The SMILES string of the molecule is COCCNC(=O)C1CC(O)C(O)C2N=C(Nc3ccc(-n4cccn4)cc3)SC12. The lowest BCUT2D eigenvalue weighted by Gasteiger charge is -2.37. The van der Waals surface area contributed by atoms with Gasteiger partial charge in [0.15, 0.2) is 5.17 Å². The number of amidine groups is 1. The van der Waals surface area contributed by atoms with E-state index in [1.54, 1.807) is 18.0 Å². The van der Waals surface area contributed by atoms with Crippen LogP contribution >= 0.6 is 11.8 Å². The van der Waals surface area contributed by atoms with Crippen molar-refractivity contribution in [3.8, 4) is 5.69 Å². The average Bonchev–Trinajstić information content (AvgIpc) is 3.42. The Morgan fingerprint density at radius 3 is 2.83 bits per heavy atom. The molecule has 2 aromatic rings. The number of nitrogens with one attached hydrogen (secondary N) is 2. The third kappa shape index (κ3) is 4.36. The molecule has 1 aliphatic heterocycles. The van der Waals surface area contributed by atoms with Gasteiger partial charge in [-0.1, -0.05) is 11.8 Å². The van der Waals surface area contributed by atoms with Gasteiger partial charge in [0, 0.05) is 37.0 Å². The minimum atomic E-state index is -0.994. The summed E-state index contributed by atoms with van der Waals surface area (Å²) in [5.41, 5.74) is 1.78. The van der Waals surface area contributed by atoms with Crippen molar-refractivity contribution in [3.63, 3.8) is 0 Å². The van der Waals surface area contributed by atoms with E-state index in [2.05, 4.69) is 20.7 Å². The Morgan fingerprint density at radius 1 is 1.33 bits per heavy atom. The van der Waals surface area contributed by atoms with Crippen molar-refractivity contribution in [3.05, 3.63) is 42.7 Å². The molecule has 1 amide bonds. The van der Waals surface area contributed by atoms with Crippen LogP contribution in [0.15, 0.2) is 47.7 Å². The molecule has 2 heterocycles. The highest BCUT2D eigenvalue weighted by atomic mass is 32.2. The van der Waals surface area contributed by atoms with Crippen molar-refractivity contribution in [1.82, 2.24) is 15.1 Å². The van der Waals surface area contributed by atoms with E-state index < -0.39 is 24.2 Å². The van der Waals surface area contributed by atoms with Gasteiger partial charge in [0.05, 0.1) is 30.4 Å². The largest absolute Gasteiger partial charge is 0.390 e. The van der Waals surface area contributed by atoms with E-state index in [0.717, 1.165) is 11.4 Å². The Labute approximate surface area is 178 Å². The number of aliphatic hydroxyl groups excluding tert-OH is 2. The molecule has 4 rings (SSSR count). The van der Waals surface area contributed by atoms with Gasteiger partial charge in [-0.05, 0) is 36.8 Å². The molecule has 0 bridgehead atoms. The molecule has 2 aliphatic rings. The topological polar surface area (TPSA) is 121 Å². The van der Waals surface area contributed by atoms with Crippen LogP contribution in [0.3, 0.4) is 0 Å². The summed E-state index contributed by atoms with van der Waals surface area (Å²) in [6.07, 6.45) is 1.82. The summed E-state index contributed by atoms with van der Waals surface area (Å²) < 4.78 is 6.74. The van der Waals surface area contributed by atoms with Gasteiger partial charge in [-0.25, -0.2) is 4.68 Å². The third-order valence-corrected chi connectivity index (χ3v) is 6.63. The molecule has 5 atom stereocenters. The smallest absolute Gasteiger partial charge is 0.224 e. The number of carbonyl (C=O) groups excluding carboxylic acids is 1. The van der Waals surface area contributed by atoms with Gasteiger partial charge >= 0.3 is 0 Å². The lowest BCUT2D eigenvalue weighted by Crippen LogP contribution is -2.54. The van der Waals surface area contributed by atoms with Gasteiger partial charge in [-0.15, -0.1) is 0 Å². The zero-order valence-electron chi connectivity index (χ0n) is 16.5. The molecule has 10 heteroatoms. The number of aliphatic imine (C=N–C) groups is 1. The maximum atomic E-state index is 12.6. The molecule has 1 aliphatic carbocycles. The Hall–Kier alpha value is -2.40. The molecule has 0 spiro atoms. The number of rotatable bonds is 6. The van der Waals surface area contributed by atoms with Gasteiger partial charge in [0.2, 0.25) is 5.91 Å². The summed E-state index contributed by atoms with van der Waals surface area (Å²) in [5, 5.41) is 31.4. The minimum Gasteiger partial charge on any atom is -0.390 e. The second-order valence-electron chi connectivity index (χ2n) is 7.31. The normalized spacial score (nSPS) is 28.0.